The minimum atomic E-state index is -0.203. The standard InChI is InChI=1S/C16H17ClFNO/c1-11-6-7-12(8-15(11)18)16(19-2)10-20-14-5-3-4-13(17)9-14/h3-9,16,19H,10H2,1-2H3. The molecule has 0 aromatic heterocycles. The molecule has 0 saturated heterocycles. The van der Waals surface area contributed by atoms with Crippen LogP contribution in [0.2, 0.25) is 5.02 Å². The average Bonchev–Trinajstić information content (AvgIpc) is 2.43. The highest BCUT2D eigenvalue weighted by Crippen LogP contribution is 2.21. The Morgan fingerprint density at radius 3 is 2.70 bits per heavy atom. The summed E-state index contributed by atoms with van der Waals surface area (Å²) < 4.78 is 19.3. The summed E-state index contributed by atoms with van der Waals surface area (Å²) in [5.74, 6) is 0.496. The lowest BCUT2D eigenvalue weighted by Gasteiger charge is -2.18. The molecule has 1 N–H and O–H groups in total. The summed E-state index contributed by atoms with van der Waals surface area (Å²) in [7, 11) is 1.82. The lowest BCUT2D eigenvalue weighted by molar-refractivity contribution is 0.273. The van der Waals surface area contributed by atoms with Crippen molar-refractivity contribution in [2.24, 2.45) is 0 Å². The summed E-state index contributed by atoms with van der Waals surface area (Å²) in [4.78, 5) is 0. The first kappa shape index (κ1) is 14.8. The number of ether oxygens (including phenoxy) is 1. The third-order valence-electron chi connectivity index (χ3n) is 3.16. The molecule has 106 valence electrons. The number of benzene rings is 2. The molecule has 0 radical (unpaired) electrons. The molecule has 0 fully saturated rings. The number of hydrogen-bond acceptors (Lipinski definition) is 2. The van der Waals surface area contributed by atoms with Crippen molar-refractivity contribution >= 4 is 11.6 Å². The highest BCUT2D eigenvalue weighted by atomic mass is 35.5. The summed E-state index contributed by atoms with van der Waals surface area (Å²) in [5, 5.41) is 3.75. The van der Waals surface area contributed by atoms with E-state index in [1.807, 2.05) is 25.2 Å². The quantitative estimate of drug-likeness (QED) is 0.895. The van der Waals surface area contributed by atoms with E-state index >= 15 is 0 Å². The van der Waals surface area contributed by atoms with Gasteiger partial charge < -0.3 is 10.1 Å². The summed E-state index contributed by atoms with van der Waals surface area (Å²) in [5.41, 5.74) is 1.50. The molecule has 1 atom stereocenters. The van der Waals surface area contributed by atoms with Gasteiger partial charge in [-0.15, -0.1) is 0 Å². The Morgan fingerprint density at radius 2 is 2.05 bits per heavy atom. The Morgan fingerprint density at radius 1 is 1.25 bits per heavy atom. The van der Waals surface area contributed by atoms with E-state index < -0.39 is 0 Å². The molecule has 20 heavy (non-hydrogen) atoms. The van der Waals surface area contributed by atoms with E-state index in [0.717, 1.165) is 5.56 Å². The second-order valence-corrected chi connectivity index (χ2v) is 5.05. The molecule has 1 unspecified atom stereocenters. The first-order chi connectivity index (χ1) is 9.60. The third-order valence-corrected chi connectivity index (χ3v) is 3.39. The number of likely N-dealkylation sites (N-methyl/N-ethyl adjacent to an activating group) is 1. The van der Waals surface area contributed by atoms with Crippen LogP contribution >= 0.6 is 11.6 Å². The van der Waals surface area contributed by atoms with Gasteiger partial charge in [-0.05, 0) is 49.4 Å². The Bertz CT molecular complexity index is 588. The van der Waals surface area contributed by atoms with Gasteiger partial charge in [0.05, 0.1) is 6.04 Å². The van der Waals surface area contributed by atoms with Crippen LogP contribution in [0, 0.1) is 12.7 Å². The van der Waals surface area contributed by atoms with Crippen LogP contribution in [-0.2, 0) is 0 Å². The summed E-state index contributed by atoms with van der Waals surface area (Å²) >= 11 is 5.90. The molecule has 0 spiro atoms. The minimum Gasteiger partial charge on any atom is -0.492 e. The number of nitrogens with one attached hydrogen (secondary N) is 1. The monoisotopic (exact) mass is 293 g/mol. The lowest BCUT2D eigenvalue weighted by Crippen LogP contribution is -2.23. The third kappa shape index (κ3) is 3.71. The molecule has 2 aromatic carbocycles. The largest absolute Gasteiger partial charge is 0.492 e. The molecule has 2 rings (SSSR count). The summed E-state index contributed by atoms with van der Waals surface area (Å²) in [6, 6.07) is 12.4. The van der Waals surface area contributed by atoms with Gasteiger partial charge in [-0.3, -0.25) is 0 Å². The molecule has 2 aromatic rings. The normalized spacial score (nSPS) is 12.2. The van der Waals surface area contributed by atoms with Crippen LogP contribution in [-0.4, -0.2) is 13.7 Å². The highest BCUT2D eigenvalue weighted by molar-refractivity contribution is 6.30. The zero-order valence-corrected chi connectivity index (χ0v) is 12.2. The zero-order chi connectivity index (χ0) is 14.5. The number of aryl methyl sites for hydroxylation is 1. The van der Waals surface area contributed by atoms with Gasteiger partial charge in [0.2, 0.25) is 0 Å². The second-order valence-electron chi connectivity index (χ2n) is 4.62. The minimum absolute atomic E-state index is 0.0796. The number of halogens is 2. The van der Waals surface area contributed by atoms with Crippen molar-refractivity contribution in [3.63, 3.8) is 0 Å². The number of hydrogen-bond donors (Lipinski definition) is 1. The van der Waals surface area contributed by atoms with Gasteiger partial charge in [0, 0.05) is 5.02 Å². The van der Waals surface area contributed by atoms with Crippen molar-refractivity contribution < 1.29 is 9.13 Å². The van der Waals surface area contributed by atoms with E-state index in [9.17, 15) is 4.39 Å². The van der Waals surface area contributed by atoms with E-state index in [4.69, 9.17) is 16.3 Å². The van der Waals surface area contributed by atoms with Crippen LogP contribution in [0.3, 0.4) is 0 Å². The molecule has 4 heteroatoms. The molecular weight excluding hydrogens is 277 g/mol. The molecule has 0 aliphatic carbocycles. The van der Waals surface area contributed by atoms with Crippen molar-refractivity contribution in [2.75, 3.05) is 13.7 Å². The van der Waals surface area contributed by atoms with Crippen LogP contribution in [0.15, 0.2) is 42.5 Å². The Balaban J connectivity index is 2.07. The first-order valence-corrected chi connectivity index (χ1v) is 6.79. The molecule has 0 aliphatic heterocycles. The molecular formula is C16H17ClFNO. The van der Waals surface area contributed by atoms with E-state index in [1.165, 1.54) is 6.07 Å². The van der Waals surface area contributed by atoms with Crippen molar-refractivity contribution in [3.8, 4) is 5.75 Å². The lowest BCUT2D eigenvalue weighted by atomic mass is 10.1. The van der Waals surface area contributed by atoms with Gasteiger partial charge >= 0.3 is 0 Å². The van der Waals surface area contributed by atoms with Crippen molar-refractivity contribution in [1.82, 2.24) is 5.32 Å². The first-order valence-electron chi connectivity index (χ1n) is 6.42. The topological polar surface area (TPSA) is 21.3 Å². The van der Waals surface area contributed by atoms with Crippen LogP contribution in [0.4, 0.5) is 4.39 Å². The Kier molecular flexibility index (Phi) is 4.99. The van der Waals surface area contributed by atoms with Crippen molar-refractivity contribution in [2.45, 2.75) is 13.0 Å². The zero-order valence-electron chi connectivity index (χ0n) is 11.5. The molecule has 2 nitrogen and oxygen atoms in total. The number of rotatable bonds is 5. The summed E-state index contributed by atoms with van der Waals surface area (Å²) in [6.45, 7) is 2.15. The van der Waals surface area contributed by atoms with E-state index in [2.05, 4.69) is 5.32 Å². The van der Waals surface area contributed by atoms with E-state index in [1.54, 1.807) is 25.1 Å². The predicted octanol–water partition coefficient (Wildman–Crippen LogP) is 4.13. The predicted molar refractivity (Wildman–Crippen MR) is 79.9 cm³/mol. The van der Waals surface area contributed by atoms with Crippen LogP contribution in [0.5, 0.6) is 5.75 Å². The maximum Gasteiger partial charge on any atom is 0.126 e. The van der Waals surface area contributed by atoms with Gasteiger partial charge in [0.1, 0.15) is 18.2 Å². The fraction of sp³-hybridized carbons (Fsp3) is 0.250. The van der Waals surface area contributed by atoms with E-state index in [0.29, 0.717) is 22.9 Å². The Labute approximate surface area is 123 Å². The average molecular weight is 294 g/mol. The van der Waals surface area contributed by atoms with Crippen LogP contribution in [0.1, 0.15) is 17.2 Å². The fourth-order valence-corrected chi connectivity index (χ4v) is 2.09. The Hall–Kier alpha value is -1.58. The van der Waals surface area contributed by atoms with E-state index in [-0.39, 0.29) is 11.9 Å². The van der Waals surface area contributed by atoms with Gasteiger partial charge in [-0.2, -0.15) is 0 Å². The van der Waals surface area contributed by atoms with Gasteiger partial charge in [-0.25, -0.2) is 4.39 Å². The molecule has 0 saturated carbocycles. The smallest absolute Gasteiger partial charge is 0.126 e. The highest BCUT2D eigenvalue weighted by Gasteiger charge is 2.12. The fourth-order valence-electron chi connectivity index (χ4n) is 1.91. The van der Waals surface area contributed by atoms with Crippen LogP contribution < -0.4 is 10.1 Å². The molecule has 0 bridgehead atoms. The van der Waals surface area contributed by atoms with Crippen LogP contribution in [0.25, 0.3) is 0 Å². The van der Waals surface area contributed by atoms with Gasteiger partial charge in [0.15, 0.2) is 0 Å². The SMILES string of the molecule is CNC(COc1cccc(Cl)c1)c1ccc(C)c(F)c1. The van der Waals surface area contributed by atoms with Gasteiger partial charge in [0.25, 0.3) is 0 Å². The molecule has 0 heterocycles. The van der Waals surface area contributed by atoms with Crippen molar-refractivity contribution in [3.05, 3.63) is 64.4 Å². The maximum absolute atomic E-state index is 13.6. The molecule has 0 amide bonds. The van der Waals surface area contributed by atoms with Gasteiger partial charge in [-0.1, -0.05) is 29.8 Å². The second kappa shape index (κ2) is 6.73. The maximum atomic E-state index is 13.6. The molecule has 0 aliphatic rings. The van der Waals surface area contributed by atoms with Crippen molar-refractivity contribution in [1.29, 1.82) is 0 Å². The summed E-state index contributed by atoms with van der Waals surface area (Å²) in [6.07, 6.45) is 0.